The fourth-order valence-electron chi connectivity index (χ4n) is 0.564. The first kappa shape index (κ1) is 7.21. The number of hydrogen-bond acceptors (Lipinski definition) is 4. The molecule has 1 aromatic heterocycles. The zero-order chi connectivity index (χ0) is 7.23. The van der Waals surface area contributed by atoms with Gasteiger partial charge in [-0.3, -0.25) is 0 Å². The van der Waals surface area contributed by atoms with Gasteiger partial charge in [-0.1, -0.05) is 12.1 Å². The minimum atomic E-state index is 0.449. The maximum absolute atomic E-state index is 5.14. The van der Waals surface area contributed by atoms with Gasteiger partial charge in [0, 0.05) is 6.61 Å². The Balaban J connectivity index is 2.15. The van der Waals surface area contributed by atoms with E-state index in [1.807, 2.05) is 0 Å². The molecule has 1 heterocycles. The number of hydrogen-bond donors (Lipinski definition) is 0. The van der Waals surface area contributed by atoms with E-state index in [2.05, 4.69) is 21.6 Å². The summed E-state index contributed by atoms with van der Waals surface area (Å²) >= 11 is 0. The molecule has 4 nitrogen and oxygen atoms in total. The molecule has 0 radical (unpaired) electrons. The predicted molar refractivity (Wildman–Crippen MR) is 34.2 cm³/mol. The molecule has 0 amide bonds. The zero-order valence-electron chi connectivity index (χ0n) is 5.91. The zero-order valence-corrected chi connectivity index (χ0v) is 5.91. The molecule has 56 valence electrons. The van der Waals surface area contributed by atoms with Crippen molar-refractivity contribution in [3.63, 3.8) is 0 Å². The molecule has 4 heteroatoms. The van der Waals surface area contributed by atoms with Gasteiger partial charge >= 0.3 is 0 Å². The lowest BCUT2D eigenvalue weighted by atomic mass is 10.5. The van der Waals surface area contributed by atoms with Gasteiger partial charge in [-0.05, 0) is 6.42 Å². The first-order valence-electron chi connectivity index (χ1n) is 3.26. The second-order valence-electron chi connectivity index (χ2n) is 1.90. The molecular weight excluding hydrogens is 132 g/mol. The van der Waals surface area contributed by atoms with E-state index in [0.717, 1.165) is 13.0 Å². The van der Waals surface area contributed by atoms with Crippen LogP contribution >= 0.6 is 0 Å². The van der Waals surface area contributed by atoms with Crippen molar-refractivity contribution in [1.29, 1.82) is 0 Å². The predicted octanol–water partition coefficient (Wildman–Crippen LogP) is 0.996. The first-order chi connectivity index (χ1) is 4.93. The third-order valence-electron chi connectivity index (χ3n) is 0.987. The molecular formula is C6H10N2O2. The van der Waals surface area contributed by atoms with Crippen molar-refractivity contribution in [2.45, 2.75) is 20.0 Å². The van der Waals surface area contributed by atoms with Gasteiger partial charge in [0.25, 0.3) is 0 Å². The van der Waals surface area contributed by atoms with E-state index < -0.39 is 0 Å². The lowest BCUT2D eigenvalue weighted by molar-refractivity contribution is 0.114. The van der Waals surface area contributed by atoms with Crippen LogP contribution in [0.3, 0.4) is 0 Å². The van der Waals surface area contributed by atoms with Gasteiger partial charge in [0.15, 0.2) is 5.82 Å². The summed E-state index contributed by atoms with van der Waals surface area (Å²) in [5, 5.41) is 3.58. The molecule has 0 unspecified atom stereocenters. The van der Waals surface area contributed by atoms with E-state index in [0.29, 0.717) is 12.4 Å². The van der Waals surface area contributed by atoms with Crippen molar-refractivity contribution in [3.05, 3.63) is 12.2 Å². The molecule has 1 aromatic rings. The minimum Gasteiger partial charge on any atom is -0.373 e. The van der Waals surface area contributed by atoms with Gasteiger partial charge in [0.2, 0.25) is 6.39 Å². The van der Waals surface area contributed by atoms with E-state index in [1.165, 1.54) is 6.39 Å². The maximum Gasteiger partial charge on any atom is 0.213 e. The Morgan fingerprint density at radius 1 is 1.70 bits per heavy atom. The normalized spacial score (nSPS) is 10.1. The summed E-state index contributed by atoms with van der Waals surface area (Å²) in [7, 11) is 0. The third kappa shape index (κ3) is 2.14. The van der Waals surface area contributed by atoms with Crippen LogP contribution in [0.4, 0.5) is 0 Å². The lowest BCUT2D eigenvalue weighted by Gasteiger charge is -1.94. The third-order valence-corrected chi connectivity index (χ3v) is 0.987. The summed E-state index contributed by atoms with van der Waals surface area (Å²) in [6.07, 6.45) is 2.31. The van der Waals surface area contributed by atoms with Crippen LogP contribution in [0.5, 0.6) is 0 Å². The van der Waals surface area contributed by atoms with Crippen LogP contribution in [0, 0.1) is 0 Å². The number of rotatable bonds is 4. The van der Waals surface area contributed by atoms with Gasteiger partial charge in [-0.25, -0.2) is 0 Å². The summed E-state index contributed by atoms with van der Waals surface area (Å²) in [6.45, 7) is 3.25. The first-order valence-corrected chi connectivity index (χ1v) is 3.26. The standard InChI is InChI=1S/C6H10N2O2/c1-2-3-9-4-6-7-5-10-8-6/h5H,2-4H2,1H3. The van der Waals surface area contributed by atoms with Crippen molar-refractivity contribution in [3.8, 4) is 0 Å². The molecule has 1 rings (SSSR count). The van der Waals surface area contributed by atoms with E-state index in [1.54, 1.807) is 0 Å². The highest BCUT2D eigenvalue weighted by molar-refractivity contribution is 4.72. The van der Waals surface area contributed by atoms with Crippen molar-refractivity contribution < 1.29 is 9.26 Å². The largest absolute Gasteiger partial charge is 0.373 e. The molecule has 0 aliphatic carbocycles. The summed E-state index contributed by atoms with van der Waals surface area (Å²) in [5.74, 6) is 0.605. The number of aromatic nitrogens is 2. The molecule has 0 aromatic carbocycles. The number of nitrogens with zero attached hydrogens (tertiary/aromatic N) is 2. The number of ether oxygens (including phenoxy) is 1. The highest BCUT2D eigenvalue weighted by Gasteiger charge is 1.95. The Labute approximate surface area is 59.2 Å². The molecule has 0 aliphatic rings. The van der Waals surface area contributed by atoms with Crippen LogP contribution in [-0.4, -0.2) is 16.7 Å². The van der Waals surface area contributed by atoms with Gasteiger partial charge in [-0.2, -0.15) is 4.98 Å². The van der Waals surface area contributed by atoms with Crippen molar-refractivity contribution in [2.24, 2.45) is 0 Å². The van der Waals surface area contributed by atoms with Crippen molar-refractivity contribution in [2.75, 3.05) is 6.61 Å². The summed E-state index contributed by atoms with van der Waals surface area (Å²) in [6, 6.07) is 0. The van der Waals surface area contributed by atoms with Gasteiger partial charge in [0.1, 0.15) is 6.61 Å². The second-order valence-corrected chi connectivity index (χ2v) is 1.90. The smallest absolute Gasteiger partial charge is 0.213 e. The van der Waals surface area contributed by atoms with Crippen LogP contribution in [0.15, 0.2) is 10.9 Å². The second kappa shape index (κ2) is 4.00. The van der Waals surface area contributed by atoms with Crippen LogP contribution in [0.1, 0.15) is 19.2 Å². The highest BCUT2D eigenvalue weighted by Crippen LogP contribution is 1.91. The molecule has 0 saturated heterocycles. The summed E-state index contributed by atoms with van der Waals surface area (Å²) < 4.78 is 9.65. The average Bonchev–Trinajstić information content (AvgIpc) is 2.41. The highest BCUT2D eigenvalue weighted by atomic mass is 16.5. The van der Waals surface area contributed by atoms with Crippen molar-refractivity contribution in [1.82, 2.24) is 10.1 Å². The molecule has 0 aliphatic heterocycles. The fraction of sp³-hybridized carbons (Fsp3) is 0.667. The monoisotopic (exact) mass is 142 g/mol. The van der Waals surface area contributed by atoms with Crippen LogP contribution in [-0.2, 0) is 11.3 Å². The average molecular weight is 142 g/mol. The van der Waals surface area contributed by atoms with E-state index in [9.17, 15) is 0 Å². The van der Waals surface area contributed by atoms with Crippen molar-refractivity contribution >= 4 is 0 Å². The maximum atomic E-state index is 5.14. The molecule has 0 saturated carbocycles. The SMILES string of the molecule is CCCOCc1ncon1. The van der Waals surface area contributed by atoms with Crippen LogP contribution in [0.25, 0.3) is 0 Å². The van der Waals surface area contributed by atoms with Gasteiger partial charge < -0.3 is 9.26 Å². The quantitative estimate of drug-likeness (QED) is 0.588. The van der Waals surface area contributed by atoms with E-state index >= 15 is 0 Å². The molecule has 0 fully saturated rings. The van der Waals surface area contributed by atoms with Crippen LogP contribution < -0.4 is 0 Å². The topological polar surface area (TPSA) is 48.2 Å². The van der Waals surface area contributed by atoms with E-state index in [4.69, 9.17) is 4.74 Å². The Kier molecular flexibility index (Phi) is 2.89. The summed E-state index contributed by atoms with van der Waals surface area (Å²) in [5.41, 5.74) is 0. The molecule has 10 heavy (non-hydrogen) atoms. The molecule has 0 atom stereocenters. The Morgan fingerprint density at radius 2 is 2.60 bits per heavy atom. The molecule has 0 bridgehead atoms. The van der Waals surface area contributed by atoms with Gasteiger partial charge in [0.05, 0.1) is 0 Å². The molecule has 0 spiro atoms. The minimum absolute atomic E-state index is 0.449. The van der Waals surface area contributed by atoms with Gasteiger partial charge in [-0.15, -0.1) is 0 Å². The fourth-order valence-corrected chi connectivity index (χ4v) is 0.564. The Bertz CT molecular complexity index is 162. The lowest BCUT2D eigenvalue weighted by Crippen LogP contribution is -1.95. The summed E-state index contributed by atoms with van der Waals surface area (Å²) in [4.78, 5) is 3.79. The Morgan fingerprint density at radius 3 is 3.20 bits per heavy atom. The van der Waals surface area contributed by atoms with E-state index in [-0.39, 0.29) is 0 Å². The Hall–Kier alpha value is -0.900. The molecule has 0 N–H and O–H groups in total. The van der Waals surface area contributed by atoms with Crippen LogP contribution in [0.2, 0.25) is 0 Å².